The van der Waals surface area contributed by atoms with E-state index in [9.17, 15) is 18.3 Å². The summed E-state index contributed by atoms with van der Waals surface area (Å²) in [5.41, 5.74) is -0.172. The maximum Gasteiger partial charge on any atom is 0.416 e. The molecule has 2 aromatic rings. The molecule has 1 unspecified atom stereocenters. The monoisotopic (exact) mass is 314 g/mol. The van der Waals surface area contributed by atoms with Crippen LogP contribution >= 0.6 is 0 Å². The third-order valence-corrected chi connectivity index (χ3v) is 4.06. The first-order chi connectivity index (χ1) is 10.5. The van der Waals surface area contributed by atoms with Gasteiger partial charge in [0.25, 0.3) is 0 Å². The molecule has 1 N–H and O–H groups in total. The summed E-state index contributed by atoms with van der Waals surface area (Å²) in [5, 5.41) is 9.39. The van der Waals surface area contributed by atoms with Crippen LogP contribution in [0.15, 0.2) is 22.6 Å². The van der Waals surface area contributed by atoms with Crippen LogP contribution in [0, 0.1) is 0 Å². The van der Waals surface area contributed by atoms with Crippen LogP contribution in [-0.4, -0.2) is 34.2 Å². The minimum absolute atomic E-state index is 0.0644. The van der Waals surface area contributed by atoms with Gasteiger partial charge < -0.3 is 9.52 Å². The second-order valence-electron chi connectivity index (χ2n) is 5.59. The van der Waals surface area contributed by atoms with Gasteiger partial charge >= 0.3 is 6.18 Å². The van der Waals surface area contributed by atoms with Gasteiger partial charge in [-0.1, -0.05) is 6.42 Å². The standard InChI is InChI=1S/C15H17F3N2O2/c16-15(17,18)10-4-5-13-12(7-10)19-14(22-13)8-20-6-2-1-3-11(20)9-21/h4-5,7,11,21H,1-3,6,8-9H2. The van der Waals surface area contributed by atoms with E-state index in [2.05, 4.69) is 9.88 Å². The largest absolute Gasteiger partial charge is 0.439 e. The van der Waals surface area contributed by atoms with Crippen LogP contribution in [0.3, 0.4) is 0 Å². The molecule has 0 radical (unpaired) electrons. The Morgan fingerprint density at radius 3 is 2.86 bits per heavy atom. The Morgan fingerprint density at radius 1 is 1.32 bits per heavy atom. The van der Waals surface area contributed by atoms with E-state index in [1.165, 1.54) is 6.07 Å². The van der Waals surface area contributed by atoms with Crippen LogP contribution in [-0.2, 0) is 12.7 Å². The molecule has 3 rings (SSSR count). The summed E-state index contributed by atoms with van der Waals surface area (Å²) in [7, 11) is 0. The molecule has 0 amide bonds. The fraction of sp³-hybridized carbons (Fsp3) is 0.533. The van der Waals surface area contributed by atoms with Crippen molar-refractivity contribution >= 4 is 11.1 Å². The molecule has 0 aliphatic carbocycles. The van der Waals surface area contributed by atoms with Crippen molar-refractivity contribution < 1.29 is 22.7 Å². The van der Waals surface area contributed by atoms with Gasteiger partial charge in [-0.15, -0.1) is 0 Å². The second-order valence-corrected chi connectivity index (χ2v) is 5.59. The zero-order valence-corrected chi connectivity index (χ0v) is 11.9. The molecular weight excluding hydrogens is 297 g/mol. The number of halogens is 3. The Kier molecular flexibility index (Phi) is 4.10. The smallest absolute Gasteiger partial charge is 0.416 e. The van der Waals surface area contributed by atoms with Gasteiger partial charge in [-0.2, -0.15) is 13.2 Å². The average molecular weight is 314 g/mol. The van der Waals surface area contributed by atoms with Gasteiger partial charge in [0.1, 0.15) is 5.52 Å². The van der Waals surface area contributed by atoms with Gasteiger partial charge in [0, 0.05) is 6.04 Å². The lowest BCUT2D eigenvalue weighted by molar-refractivity contribution is -0.137. The number of rotatable bonds is 3. The van der Waals surface area contributed by atoms with Crippen LogP contribution in [0.5, 0.6) is 0 Å². The van der Waals surface area contributed by atoms with E-state index in [4.69, 9.17) is 4.42 Å². The van der Waals surface area contributed by atoms with E-state index < -0.39 is 11.7 Å². The van der Waals surface area contributed by atoms with Gasteiger partial charge in [-0.25, -0.2) is 4.98 Å². The van der Waals surface area contributed by atoms with Crippen LogP contribution in [0.1, 0.15) is 30.7 Å². The molecule has 22 heavy (non-hydrogen) atoms. The Labute approximate surface area is 125 Å². The van der Waals surface area contributed by atoms with Crippen molar-refractivity contribution in [3.05, 3.63) is 29.7 Å². The summed E-state index contributed by atoms with van der Waals surface area (Å²) in [6, 6.07) is 3.36. The van der Waals surface area contributed by atoms with Crippen LogP contribution in [0.4, 0.5) is 13.2 Å². The Balaban J connectivity index is 1.82. The molecule has 1 atom stereocenters. The van der Waals surface area contributed by atoms with Crippen molar-refractivity contribution in [2.75, 3.05) is 13.2 Å². The maximum atomic E-state index is 12.7. The SMILES string of the molecule is OCC1CCCCN1Cc1nc2cc(C(F)(F)F)ccc2o1. The molecule has 1 aliphatic heterocycles. The summed E-state index contributed by atoms with van der Waals surface area (Å²) < 4.78 is 43.6. The number of aliphatic hydroxyl groups excluding tert-OH is 1. The minimum Gasteiger partial charge on any atom is -0.439 e. The number of piperidine rings is 1. The number of oxazole rings is 1. The third kappa shape index (κ3) is 3.10. The van der Waals surface area contributed by atoms with Crippen molar-refractivity contribution in [1.82, 2.24) is 9.88 Å². The van der Waals surface area contributed by atoms with E-state index >= 15 is 0 Å². The van der Waals surface area contributed by atoms with E-state index in [0.29, 0.717) is 18.0 Å². The minimum atomic E-state index is -4.39. The Hall–Kier alpha value is -1.60. The highest BCUT2D eigenvalue weighted by Crippen LogP contribution is 2.31. The molecule has 4 nitrogen and oxygen atoms in total. The zero-order chi connectivity index (χ0) is 15.7. The van der Waals surface area contributed by atoms with Crippen molar-refractivity contribution in [2.24, 2.45) is 0 Å². The molecular formula is C15H17F3N2O2. The molecule has 1 aromatic carbocycles. The highest BCUT2D eigenvalue weighted by Gasteiger charge is 2.31. The van der Waals surface area contributed by atoms with E-state index in [0.717, 1.165) is 37.9 Å². The predicted molar refractivity (Wildman–Crippen MR) is 74.1 cm³/mol. The second kappa shape index (κ2) is 5.89. The maximum absolute atomic E-state index is 12.7. The summed E-state index contributed by atoms with van der Waals surface area (Å²) in [6.45, 7) is 1.30. The van der Waals surface area contributed by atoms with Gasteiger partial charge in [-0.05, 0) is 37.6 Å². The highest BCUT2D eigenvalue weighted by atomic mass is 19.4. The first kappa shape index (κ1) is 15.3. The van der Waals surface area contributed by atoms with Crippen LogP contribution < -0.4 is 0 Å². The molecule has 120 valence electrons. The predicted octanol–water partition coefficient (Wildman–Crippen LogP) is 3.19. The number of likely N-dealkylation sites (tertiary alicyclic amines) is 1. The molecule has 0 bridgehead atoms. The Morgan fingerprint density at radius 2 is 2.14 bits per heavy atom. The molecule has 1 fully saturated rings. The number of hydrogen-bond acceptors (Lipinski definition) is 4. The third-order valence-electron chi connectivity index (χ3n) is 4.06. The molecule has 1 aromatic heterocycles. The van der Waals surface area contributed by atoms with Crippen LogP contribution in [0.25, 0.3) is 11.1 Å². The summed E-state index contributed by atoms with van der Waals surface area (Å²) >= 11 is 0. The lowest BCUT2D eigenvalue weighted by atomic mass is 10.0. The van der Waals surface area contributed by atoms with Crippen molar-refractivity contribution in [1.29, 1.82) is 0 Å². The molecule has 2 heterocycles. The number of aromatic nitrogens is 1. The highest BCUT2D eigenvalue weighted by molar-refractivity contribution is 5.73. The molecule has 0 spiro atoms. The normalized spacial score (nSPS) is 20.6. The topological polar surface area (TPSA) is 49.5 Å². The zero-order valence-electron chi connectivity index (χ0n) is 11.9. The molecule has 0 saturated carbocycles. The van der Waals surface area contributed by atoms with Crippen LogP contribution in [0.2, 0.25) is 0 Å². The van der Waals surface area contributed by atoms with Gasteiger partial charge in [0.2, 0.25) is 5.89 Å². The first-order valence-corrected chi connectivity index (χ1v) is 7.29. The number of fused-ring (bicyclic) bond motifs is 1. The fourth-order valence-corrected chi connectivity index (χ4v) is 2.87. The van der Waals surface area contributed by atoms with Gasteiger partial charge in [0.15, 0.2) is 5.58 Å². The lowest BCUT2D eigenvalue weighted by Crippen LogP contribution is -2.41. The van der Waals surface area contributed by atoms with Crippen molar-refractivity contribution in [3.63, 3.8) is 0 Å². The van der Waals surface area contributed by atoms with E-state index in [1.54, 1.807) is 0 Å². The Bertz CT molecular complexity index is 654. The van der Waals surface area contributed by atoms with Crippen molar-refractivity contribution in [2.45, 2.75) is 38.0 Å². The number of hydrogen-bond donors (Lipinski definition) is 1. The molecule has 1 aliphatic rings. The molecule has 1 saturated heterocycles. The average Bonchev–Trinajstić information content (AvgIpc) is 2.88. The number of benzene rings is 1. The lowest BCUT2D eigenvalue weighted by Gasteiger charge is -2.33. The number of nitrogens with zero attached hydrogens (tertiary/aromatic N) is 2. The van der Waals surface area contributed by atoms with Gasteiger partial charge in [-0.3, -0.25) is 4.90 Å². The fourth-order valence-electron chi connectivity index (χ4n) is 2.87. The summed E-state index contributed by atoms with van der Waals surface area (Å²) in [4.78, 5) is 6.23. The van der Waals surface area contributed by atoms with Crippen molar-refractivity contribution in [3.8, 4) is 0 Å². The van der Waals surface area contributed by atoms with Gasteiger partial charge in [0.05, 0.1) is 18.7 Å². The first-order valence-electron chi connectivity index (χ1n) is 7.29. The van der Waals surface area contributed by atoms with E-state index in [-0.39, 0.29) is 18.2 Å². The molecule has 7 heteroatoms. The van der Waals surface area contributed by atoms with E-state index in [1.807, 2.05) is 0 Å². The summed E-state index contributed by atoms with van der Waals surface area (Å²) in [5.74, 6) is 0.384. The number of aliphatic hydroxyl groups is 1. The quantitative estimate of drug-likeness (QED) is 0.945. The summed E-state index contributed by atoms with van der Waals surface area (Å²) in [6.07, 6.45) is -1.36. The number of alkyl halides is 3.